The van der Waals surface area contributed by atoms with Crippen LogP contribution in [0.1, 0.15) is 44.9 Å². The van der Waals surface area contributed by atoms with E-state index in [0.29, 0.717) is 11.1 Å². The SMILES string of the molecule is O=C(Nc1nccc(Cl)n1)C1CCC2CCCCC2C1. The van der Waals surface area contributed by atoms with Gasteiger partial charge >= 0.3 is 0 Å². The van der Waals surface area contributed by atoms with Crippen molar-refractivity contribution >= 4 is 23.5 Å². The van der Waals surface area contributed by atoms with Crippen LogP contribution in [0.25, 0.3) is 0 Å². The molecule has 0 aliphatic heterocycles. The van der Waals surface area contributed by atoms with Crippen molar-refractivity contribution in [2.24, 2.45) is 17.8 Å². The average molecular weight is 294 g/mol. The van der Waals surface area contributed by atoms with E-state index >= 15 is 0 Å². The normalized spacial score (nSPS) is 29.6. The molecule has 3 rings (SSSR count). The maximum absolute atomic E-state index is 12.3. The van der Waals surface area contributed by atoms with Crippen LogP contribution in [0.15, 0.2) is 12.3 Å². The van der Waals surface area contributed by atoms with Gasteiger partial charge in [-0.15, -0.1) is 0 Å². The lowest BCUT2D eigenvalue weighted by atomic mass is 9.67. The molecular weight excluding hydrogens is 274 g/mol. The first kappa shape index (κ1) is 13.8. The second-order valence-electron chi connectivity index (χ2n) is 6.01. The quantitative estimate of drug-likeness (QED) is 0.846. The predicted octanol–water partition coefficient (Wildman–Crippen LogP) is 3.68. The fraction of sp³-hybridized carbons (Fsp3) is 0.667. The number of aromatic nitrogens is 2. The van der Waals surface area contributed by atoms with Crippen molar-refractivity contribution in [3.8, 4) is 0 Å². The third kappa shape index (κ3) is 3.11. The molecule has 5 heteroatoms. The summed E-state index contributed by atoms with van der Waals surface area (Å²) in [7, 11) is 0. The monoisotopic (exact) mass is 293 g/mol. The Hall–Kier alpha value is -1.16. The molecule has 3 unspecified atom stereocenters. The molecule has 3 atom stereocenters. The van der Waals surface area contributed by atoms with Gasteiger partial charge < -0.3 is 0 Å². The number of halogens is 1. The van der Waals surface area contributed by atoms with Crippen LogP contribution in [-0.2, 0) is 4.79 Å². The zero-order valence-electron chi connectivity index (χ0n) is 11.5. The summed E-state index contributed by atoms with van der Waals surface area (Å²) in [5, 5.41) is 3.16. The van der Waals surface area contributed by atoms with Crippen molar-refractivity contribution in [1.82, 2.24) is 9.97 Å². The first-order chi connectivity index (χ1) is 9.72. The van der Waals surface area contributed by atoms with Gasteiger partial charge in [-0.1, -0.05) is 37.3 Å². The molecule has 20 heavy (non-hydrogen) atoms. The molecule has 4 nitrogen and oxygen atoms in total. The molecule has 2 aliphatic carbocycles. The van der Waals surface area contributed by atoms with E-state index in [1.807, 2.05) is 0 Å². The first-order valence-corrected chi connectivity index (χ1v) is 7.89. The average Bonchev–Trinajstić information content (AvgIpc) is 2.47. The van der Waals surface area contributed by atoms with Crippen molar-refractivity contribution in [2.45, 2.75) is 44.9 Å². The van der Waals surface area contributed by atoms with E-state index in [2.05, 4.69) is 15.3 Å². The van der Waals surface area contributed by atoms with E-state index < -0.39 is 0 Å². The zero-order valence-corrected chi connectivity index (χ0v) is 12.3. The lowest BCUT2D eigenvalue weighted by molar-refractivity contribution is -0.122. The van der Waals surface area contributed by atoms with Gasteiger partial charge in [-0.25, -0.2) is 9.97 Å². The van der Waals surface area contributed by atoms with Crippen molar-refractivity contribution < 1.29 is 4.79 Å². The number of anilines is 1. The lowest BCUT2D eigenvalue weighted by Gasteiger charge is -2.38. The molecule has 0 radical (unpaired) electrons. The molecule has 0 aromatic carbocycles. The van der Waals surface area contributed by atoms with Gasteiger partial charge in [0.05, 0.1) is 0 Å². The van der Waals surface area contributed by atoms with Gasteiger partial charge in [0.15, 0.2) is 0 Å². The van der Waals surface area contributed by atoms with Gasteiger partial charge in [-0.3, -0.25) is 10.1 Å². The van der Waals surface area contributed by atoms with Gasteiger partial charge in [-0.05, 0) is 37.2 Å². The summed E-state index contributed by atoms with van der Waals surface area (Å²) in [6.45, 7) is 0. The zero-order chi connectivity index (χ0) is 13.9. The van der Waals surface area contributed by atoms with Crippen molar-refractivity contribution in [2.75, 3.05) is 5.32 Å². The highest BCUT2D eigenvalue weighted by Crippen LogP contribution is 2.42. The minimum atomic E-state index is 0.0521. The van der Waals surface area contributed by atoms with Crippen molar-refractivity contribution in [3.63, 3.8) is 0 Å². The van der Waals surface area contributed by atoms with Crippen LogP contribution in [0.2, 0.25) is 5.15 Å². The van der Waals surface area contributed by atoms with Gasteiger partial charge in [0.25, 0.3) is 0 Å². The fourth-order valence-electron chi connectivity index (χ4n) is 3.72. The summed E-state index contributed by atoms with van der Waals surface area (Å²) >= 11 is 5.80. The van der Waals surface area contributed by atoms with Crippen LogP contribution >= 0.6 is 11.6 Å². The molecule has 2 saturated carbocycles. The molecule has 0 bridgehead atoms. The summed E-state index contributed by atoms with van der Waals surface area (Å²) in [4.78, 5) is 20.4. The molecule has 1 N–H and O–H groups in total. The number of hydrogen-bond donors (Lipinski definition) is 1. The van der Waals surface area contributed by atoms with Crippen LogP contribution in [-0.4, -0.2) is 15.9 Å². The molecule has 1 aromatic heterocycles. The van der Waals surface area contributed by atoms with E-state index in [1.165, 1.54) is 32.1 Å². The Morgan fingerprint density at radius 2 is 2.00 bits per heavy atom. The Morgan fingerprint density at radius 1 is 1.20 bits per heavy atom. The van der Waals surface area contributed by atoms with E-state index in [9.17, 15) is 4.79 Å². The Labute approximate surface area is 124 Å². The highest BCUT2D eigenvalue weighted by atomic mass is 35.5. The van der Waals surface area contributed by atoms with Gasteiger partial charge in [0, 0.05) is 12.1 Å². The number of nitrogens with zero attached hydrogens (tertiary/aromatic N) is 2. The molecular formula is C15H20ClN3O. The third-order valence-electron chi connectivity index (χ3n) is 4.77. The van der Waals surface area contributed by atoms with Crippen LogP contribution in [0.4, 0.5) is 5.95 Å². The highest BCUT2D eigenvalue weighted by Gasteiger charge is 2.35. The summed E-state index contributed by atoms with van der Waals surface area (Å²) in [6, 6.07) is 1.60. The van der Waals surface area contributed by atoms with Crippen molar-refractivity contribution in [1.29, 1.82) is 0 Å². The van der Waals surface area contributed by atoms with Crippen LogP contribution in [0.5, 0.6) is 0 Å². The summed E-state index contributed by atoms with van der Waals surface area (Å²) in [5.74, 6) is 2.07. The fourth-order valence-corrected chi connectivity index (χ4v) is 3.86. The van der Waals surface area contributed by atoms with Gasteiger partial charge in [-0.2, -0.15) is 0 Å². The molecule has 1 heterocycles. The molecule has 1 aromatic rings. The standard InChI is InChI=1S/C15H20ClN3O/c16-13-7-8-17-15(18-13)19-14(20)12-6-5-10-3-1-2-4-11(10)9-12/h7-8,10-12H,1-6,9H2,(H,17,18,19,20). The topological polar surface area (TPSA) is 54.9 Å². The smallest absolute Gasteiger partial charge is 0.230 e. The van der Waals surface area contributed by atoms with E-state index in [4.69, 9.17) is 11.6 Å². The molecule has 2 aliphatic rings. The van der Waals surface area contributed by atoms with E-state index in [1.54, 1.807) is 12.3 Å². The molecule has 0 saturated heterocycles. The minimum Gasteiger partial charge on any atom is -0.294 e. The number of hydrogen-bond acceptors (Lipinski definition) is 3. The van der Waals surface area contributed by atoms with Gasteiger partial charge in [0.1, 0.15) is 5.15 Å². The summed E-state index contributed by atoms with van der Waals surface area (Å²) in [5.41, 5.74) is 0. The Kier molecular flexibility index (Phi) is 4.20. The number of carbonyl (C=O) groups excluding carboxylic acids is 1. The number of fused-ring (bicyclic) bond motifs is 1. The minimum absolute atomic E-state index is 0.0521. The van der Waals surface area contributed by atoms with Crippen LogP contribution < -0.4 is 5.32 Å². The second kappa shape index (κ2) is 6.08. The summed E-state index contributed by atoms with van der Waals surface area (Å²) in [6.07, 6.45) is 10.1. The van der Waals surface area contributed by atoms with Crippen LogP contribution in [0.3, 0.4) is 0 Å². The van der Waals surface area contributed by atoms with Crippen LogP contribution in [0, 0.1) is 17.8 Å². The molecule has 2 fully saturated rings. The largest absolute Gasteiger partial charge is 0.294 e. The maximum Gasteiger partial charge on any atom is 0.230 e. The molecule has 108 valence electrons. The second-order valence-corrected chi connectivity index (χ2v) is 6.39. The Morgan fingerprint density at radius 3 is 2.80 bits per heavy atom. The maximum atomic E-state index is 12.3. The summed E-state index contributed by atoms with van der Waals surface area (Å²) < 4.78 is 0. The van der Waals surface area contributed by atoms with E-state index in [-0.39, 0.29) is 11.8 Å². The predicted molar refractivity (Wildman–Crippen MR) is 78.5 cm³/mol. The lowest BCUT2D eigenvalue weighted by Crippen LogP contribution is -2.34. The molecule has 0 spiro atoms. The Balaban J connectivity index is 1.60. The highest BCUT2D eigenvalue weighted by molar-refractivity contribution is 6.29. The van der Waals surface area contributed by atoms with Crippen molar-refractivity contribution in [3.05, 3.63) is 17.4 Å². The number of carbonyl (C=O) groups is 1. The Bertz CT molecular complexity index is 494. The number of rotatable bonds is 2. The van der Waals surface area contributed by atoms with Gasteiger partial charge in [0.2, 0.25) is 11.9 Å². The number of nitrogens with one attached hydrogen (secondary N) is 1. The molecule has 1 amide bonds. The van der Waals surface area contributed by atoms with E-state index in [0.717, 1.165) is 24.7 Å². The first-order valence-electron chi connectivity index (χ1n) is 7.52. The third-order valence-corrected chi connectivity index (χ3v) is 4.98. The number of amides is 1.